The van der Waals surface area contributed by atoms with Crippen molar-refractivity contribution >= 4 is 34.2 Å². The van der Waals surface area contributed by atoms with Crippen LogP contribution in [0.4, 0.5) is 5.13 Å². The number of anilines is 1. The van der Waals surface area contributed by atoms with Crippen LogP contribution in [0.1, 0.15) is 46.9 Å². The number of aromatic nitrogens is 1. The van der Waals surface area contributed by atoms with E-state index in [0.29, 0.717) is 10.8 Å². The van der Waals surface area contributed by atoms with Crippen molar-refractivity contribution in [1.29, 1.82) is 0 Å². The van der Waals surface area contributed by atoms with Crippen molar-refractivity contribution < 1.29 is 9.59 Å². The molecule has 0 fully saturated rings. The van der Waals surface area contributed by atoms with Gasteiger partial charge in [0.05, 0.1) is 5.69 Å². The number of ketones is 1. The lowest BCUT2D eigenvalue weighted by atomic mass is 9.90. The van der Waals surface area contributed by atoms with Gasteiger partial charge in [-0.2, -0.15) is 0 Å². The van der Waals surface area contributed by atoms with Crippen LogP contribution in [-0.4, -0.2) is 23.7 Å². The largest absolute Gasteiger partial charge is 0.291 e. The Morgan fingerprint density at radius 1 is 1.21 bits per heavy atom. The highest BCUT2D eigenvalue weighted by molar-refractivity contribution is 7.14. The molecule has 124 valence electrons. The number of hydrogen-bond donors (Lipinski definition) is 0. The van der Waals surface area contributed by atoms with Gasteiger partial charge in [-0.1, -0.05) is 12.1 Å². The van der Waals surface area contributed by atoms with E-state index in [2.05, 4.69) is 11.1 Å². The van der Waals surface area contributed by atoms with Crippen molar-refractivity contribution in [2.45, 2.75) is 32.6 Å². The maximum atomic E-state index is 12.4. The third-order valence-corrected chi connectivity index (χ3v) is 5.24. The summed E-state index contributed by atoms with van der Waals surface area (Å²) in [6.45, 7) is 1.50. The molecule has 24 heavy (non-hydrogen) atoms. The maximum Gasteiger partial charge on any atom is 0.225 e. The van der Waals surface area contributed by atoms with Gasteiger partial charge in [0.1, 0.15) is 0 Å². The fourth-order valence-electron chi connectivity index (χ4n) is 2.79. The third kappa shape index (κ3) is 3.62. The Balaban J connectivity index is 1.72. The van der Waals surface area contributed by atoms with Crippen LogP contribution >= 0.6 is 11.3 Å². The normalized spacial score (nSPS) is 13.8. The van der Waals surface area contributed by atoms with Gasteiger partial charge in [0, 0.05) is 24.9 Å². The van der Waals surface area contributed by atoms with E-state index in [0.717, 1.165) is 18.4 Å². The summed E-state index contributed by atoms with van der Waals surface area (Å²) in [5, 5.41) is 2.47. The molecule has 0 saturated heterocycles. The van der Waals surface area contributed by atoms with Gasteiger partial charge >= 0.3 is 0 Å². The highest BCUT2D eigenvalue weighted by Crippen LogP contribution is 2.23. The molecule has 0 bridgehead atoms. The van der Waals surface area contributed by atoms with Crippen molar-refractivity contribution in [3.63, 3.8) is 0 Å². The van der Waals surface area contributed by atoms with Gasteiger partial charge in [-0.25, -0.2) is 4.98 Å². The van der Waals surface area contributed by atoms with E-state index >= 15 is 0 Å². The molecule has 0 spiro atoms. The first-order valence-corrected chi connectivity index (χ1v) is 8.96. The van der Waals surface area contributed by atoms with Crippen LogP contribution in [0.2, 0.25) is 0 Å². The van der Waals surface area contributed by atoms with Crippen molar-refractivity contribution in [2.24, 2.45) is 0 Å². The summed E-state index contributed by atoms with van der Waals surface area (Å²) in [5.74, 6) is -0.0807. The highest BCUT2D eigenvalue weighted by atomic mass is 32.1. The first kappa shape index (κ1) is 16.6. The van der Waals surface area contributed by atoms with Crippen LogP contribution in [0.25, 0.3) is 6.08 Å². The molecule has 0 radical (unpaired) electrons. The maximum absolute atomic E-state index is 12.4. The van der Waals surface area contributed by atoms with Gasteiger partial charge in [0.15, 0.2) is 10.9 Å². The number of nitrogens with zero attached hydrogens (tertiary/aromatic N) is 2. The van der Waals surface area contributed by atoms with Gasteiger partial charge in [0.25, 0.3) is 0 Å². The Morgan fingerprint density at radius 2 is 1.96 bits per heavy atom. The van der Waals surface area contributed by atoms with Gasteiger partial charge in [-0.15, -0.1) is 11.3 Å². The summed E-state index contributed by atoms with van der Waals surface area (Å²) in [5.41, 5.74) is 4.09. The van der Waals surface area contributed by atoms with Gasteiger partial charge < -0.3 is 0 Å². The van der Waals surface area contributed by atoms with Crippen molar-refractivity contribution in [3.8, 4) is 0 Å². The summed E-state index contributed by atoms with van der Waals surface area (Å²) in [6.07, 6.45) is 7.87. The molecule has 0 saturated carbocycles. The number of amides is 1. The first-order valence-electron chi connectivity index (χ1n) is 8.08. The second-order valence-corrected chi connectivity index (χ2v) is 6.86. The number of hydrogen-bond acceptors (Lipinski definition) is 4. The lowest BCUT2D eigenvalue weighted by Gasteiger charge is -2.15. The van der Waals surface area contributed by atoms with Crippen LogP contribution in [-0.2, 0) is 17.6 Å². The second kappa shape index (κ2) is 7.09. The molecule has 1 aromatic carbocycles. The van der Waals surface area contributed by atoms with E-state index in [4.69, 9.17) is 0 Å². The molecule has 3 rings (SSSR count). The molecule has 0 aliphatic heterocycles. The van der Waals surface area contributed by atoms with Crippen LogP contribution < -0.4 is 4.90 Å². The zero-order chi connectivity index (χ0) is 17.1. The predicted octanol–water partition coefficient (Wildman–Crippen LogP) is 3.90. The SMILES string of the molecule is CC(=O)N(C)c1nc(C=CC(=O)c2ccc3c(c2)CCCC3)cs1. The Labute approximate surface area is 145 Å². The van der Waals surface area contributed by atoms with E-state index in [1.165, 1.54) is 47.1 Å². The number of rotatable bonds is 4. The average Bonchev–Trinajstić information content (AvgIpc) is 3.07. The zero-order valence-corrected chi connectivity index (χ0v) is 14.7. The monoisotopic (exact) mass is 340 g/mol. The van der Waals surface area contributed by atoms with Gasteiger partial charge in [-0.05, 0) is 55.0 Å². The Bertz CT molecular complexity index is 807. The second-order valence-electron chi connectivity index (χ2n) is 6.02. The van der Waals surface area contributed by atoms with Crippen LogP contribution in [0.3, 0.4) is 0 Å². The minimum absolute atomic E-state index is 0.0159. The van der Waals surface area contributed by atoms with Gasteiger partial charge in [0.2, 0.25) is 5.91 Å². The molecular weight excluding hydrogens is 320 g/mol. The van der Waals surface area contributed by atoms with Crippen LogP contribution in [0.5, 0.6) is 0 Å². The number of fused-ring (bicyclic) bond motifs is 1. The fraction of sp³-hybridized carbons (Fsp3) is 0.316. The van der Waals surface area contributed by atoms with E-state index in [1.807, 2.05) is 17.5 Å². The minimum Gasteiger partial charge on any atom is -0.291 e. The molecule has 1 aliphatic carbocycles. The average molecular weight is 340 g/mol. The molecule has 1 amide bonds. The molecule has 0 unspecified atom stereocenters. The number of benzene rings is 1. The molecule has 4 nitrogen and oxygen atoms in total. The fourth-order valence-corrected chi connectivity index (χ4v) is 3.59. The Hall–Kier alpha value is -2.27. The molecule has 1 aromatic heterocycles. The number of thiazole rings is 1. The molecule has 0 N–H and O–H groups in total. The molecule has 2 aromatic rings. The number of allylic oxidation sites excluding steroid dienone is 1. The summed E-state index contributed by atoms with van der Waals surface area (Å²) in [7, 11) is 1.69. The standard InChI is InChI=1S/C19H20N2O2S/c1-13(22)21(2)19-20-17(12-24-19)9-10-18(23)16-8-7-14-5-3-4-6-15(14)11-16/h7-12H,3-6H2,1-2H3. The molecule has 1 heterocycles. The number of carbonyl (C=O) groups excluding carboxylic acids is 2. The third-order valence-electron chi connectivity index (χ3n) is 4.31. The molecule has 0 atom stereocenters. The summed E-state index contributed by atoms with van der Waals surface area (Å²) in [4.78, 5) is 29.6. The number of aryl methyl sites for hydroxylation is 2. The van der Waals surface area contributed by atoms with Gasteiger partial charge in [-0.3, -0.25) is 14.5 Å². The zero-order valence-electron chi connectivity index (χ0n) is 13.9. The van der Waals surface area contributed by atoms with Crippen molar-refractivity contribution in [3.05, 3.63) is 52.0 Å². The first-order chi connectivity index (χ1) is 11.5. The van der Waals surface area contributed by atoms with Crippen LogP contribution in [0, 0.1) is 0 Å². The van der Waals surface area contributed by atoms with E-state index in [1.54, 1.807) is 19.2 Å². The smallest absolute Gasteiger partial charge is 0.225 e. The topological polar surface area (TPSA) is 50.3 Å². The Kier molecular flexibility index (Phi) is 4.90. The summed E-state index contributed by atoms with van der Waals surface area (Å²) < 4.78 is 0. The van der Waals surface area contributed by atoms with Crippen LogP contribution in [0.15, 0.2) is 29.7 Å². The van der Waals surface area contributed by atoms with Crippen molar-refractivity contribution in [1.82, 2.24) is 4.98 Å². The lowest BCUT2D eigenvalue weighted by molar-refractivity contribution is -0.116. The van der Waals surface area contributed by atoms with E-state index in [9.17, 15) is 9.59 Å². The summed E-state index contributed by atoms with van der Waals surface area (Å²) >= 11 is 1.38. The van der Waals surface area contributed by atoms with Crippen molar-refractivity contribution in [2.75, 3.05) is 11.9 Å². The molecule has 5 heteroatoms. The predicted molar refractivity (Wildman–Crippen MR) is 97.6 cm³/mol. The number of carbonyl (C=O) groups is 2. The highest BCUT2D eigenvalue weighted by Gasteiger charge is 2.12. The molecule has 1 aliphatic rings. The van der Waals surface area contributed by atoms with E-state index < -0.39 is 0 Å². The minimum atomic E-state index is -0.0648. The lowest BCUT2D eigenvalue weighted by Crippen LogP contribution is -2.22. The molecular formula is C19H20N2O2S. The Morgan fingerprint density at radius 3 is 2.71 bits per heavy atom. The van der Waals surface area contributed by atoms with E-state index in [-0.39, 0.29) is 11.7 Å². The quantitative estimate of drug-likeness (QED) is 0.626. The summed E-state index contributed by atoms with van der Waals surface area (Å²) in [6, 6.07) is 6.02.